The van der Waals surface area contributed by atoms with Gasteiger partial charge in [-0.25, -0.2) is 0 Å². The molecule has 0 aliphatic heterocycles. The standard InChI is InChI=1S/C13H10N4O4/c1-7-4-5-20-11(7)12-15-13(21-16-12)9-3-2-8(17(18)19)6-10(9)14/h2-6H,14H2,1H3. The molecule has 21 heavy (non-hydrogen) atoms. The first-order chi connectivity index (χ1) is 10.1. The van der Waals surface area contributed by atoms with Crippen LogP contribution in [0.4, 0.5) is 11.4 Å². The highest BCUT2D eigenvalue weighted by atomic mass is 16.6. The first-order valence-corrected chi connectivity index (χ1v) is 5.98. The van der Waals surface area contributed by atoms with Crippen LogP contribution < -0.4 is 5.73 Å². The Labute approximate surface area is 118 Å². The Hall–Kier alpha value is -3.16. The zero-order valence-electron chi connectivity index (χ0n) is 10.9. The van der Waals surface area contributed by atoms with Crippen LogP contribution in [0.25, 0.3) is 23.0 Å². The molecule has 3 aromatic rings. The summed E-state index contributed by atoms with van der Waals surface area (Å²) in [4.78, 5) is 14.4. The molecule has 8 nitrogen and oxygen atoms in total. The maximum atomic E-state index is 10.7. The van der Waals surface area contributed by atoms with Gasteiger partial charge >= 0.3 is 0 Å². The lowest BCUT2D eigenvalue weighted by Crippen LogP contribution is -1.94. The zero-order valence-corrected chi connectivity index (χ0v) is 10.9. The number of rotatable bonds is 3. The molecule has 0 saturated carbocycles. The summed E-state index contributed by atoms with van der Waals surface area (Å²) >= 11 is 0. The number of aryl methyl sites for hydroxylation is 1. The lowest BCUT2D eigenvalue weighted by atomic mass is 10.1. The number of benzene rings is 1. The molecule has 0 spiro atoms. The molecule has 0 unspecified atom stereocenters. The number of furan rings is 1. The summed E-state index contributed by atoms with van der Waals surface area (Å²) in [6.07, 6.45) is 1.53. The molecule has 1 aromatic carbocycles. The molecule has 0 amide bonds. The van der Waals surface area contributed by atoms with E-state index in [-0.39, 0.29) is 17.3 Å². The highest BCUT2D eigenvalue weighted by Gasteiger charge is 2.18. The van der Waals surface area contributed by atoms with Crippen molar-refractivity contribution >= 4 is 11.4 Å². The molecule has 0 aliphatic rings. The third kappa shape index (κ3) is 2.22. The Balaban J connectivity index is 2.01. The number of non-ortho nitro benzene ring substituents is 1. The molecule has 8 heteroatoms. The molecule has 0 atom stereocenters. The van der Waals surface area contributed by atoms with Crippen molar-refractivity contribution in [1.29, 1.82) is 0 Å². The summed E-state index contributed by atoms with van der Waals surface area (Å²) in [5.41, 5.74) is 7.19. The van der Waals surface area contributed by atoms with Gasteiger partial charge in [0.05, 0.1) is 22.4 Å². The van der Waals surface area contributed by atoms with Gasteiger partial charge in [0.15, 0.2) is 5.76 Å². The van der Waals surface area contributed by atoms with Gasteiger partial charge < -0.3 is 14.7 Å². The number of nitro benzene ring substituents is 1. The van der Waals surface area contributed by atoms with Crippen molar-refractivity contribution in [1.82, 2.24) is 10.1 Å². The molecular formula is C13H10N4O4. The average Bonchev–Trinajstić information content (AvgIpc) is 3.07. The number of hydrogen-bond acceptors (Lipinski definition) is 7. The molecule has 0 fully saturated rings. The van der Waals surface area contributed by atoms with Crippen LogP contribution in [-0.4, -0.2) is 15.1 Å². The second kappa shape index (κ2) is 4.75. The van der Waals surface area contributed by atoms with E-state index < -0.39 is 4.92 Å². The number of nitrogens with zero attached hydrogens (tertiary/aromatic N) is 3. The maximum Gasteiger partial charge on any atom is 0.271 e. The minimum atomic E-state index is -0.522. The monoisotopic (exact) mass is 286 g/mol. The minimum Gasteiger partial charge on any atom is -0.461 e. The second-order valence-electron chi connectivity index (χ2n) is 4.38. The lowest BCUT2D eigenvalue weighted by molar-refractivity contribution is -0.384. The van der Waals surface area contributed by atoms with Gasteiger partial charge in [-0.1, -0.05) is 5.16 Å². The second-order valence-corrected chi connectivity index (χ2v) is 4.38. The van der Waals surface area contributed by atoms with Gasteiger partial charge in [-0.3, -0.25) is 10.1 Å². The van der Waals surface area contributed by atoms with Crippen molar-refractivity contribution in [3.05, 3.63) is 46.2 Å². The molecule has 0 radical (unpaired) electrons. The fraction of sp³-hybridized carbons (Fsp3) is 0.0769. The first-order valence-electron chi connectivity index (χ1n) is 5.98. The van der Waals surface area contributed by atoms with E-state index in [1.54, 1.807) is 6.07 Å². The number of nitrogen functional groups attached to an aromatic ring is 1. The van der Waals surface area contributed by atoms with Gasteiger partial charge in [-0.05, 0) is 24.6 Å². The number of nitrogens with two attached hydrogens (primary N) is 1. The van der Waals surface area contributed by atoms with Crippen LogP contribution in [0.1, 0.15) is 5.56 Å². The van der Waals surface area contributed by atoms with Gasteiger partial charge in [0, 0.05) is 12.1 Å². The molecule has 2 aromatic heterocycles. The third-order valence-electron chi connectivity index (χ3n) is 2.97. The number of nitro groups is 1. The predicted octanol–water partition coefficient (Wildman–Crippen LogP) is 2.80. The van der Waals surface area contributed by atoms with Crippen molar-refractivity contribution in [2.75, 3.05) is 5.73 Å². The van der Waals surface area contributed by atoms with E-state index in [1.807, 2.05) is 6.92 Å². The fourth-order valence-electron chi connectivity index (χ4n) is 1.89. The molecule has 3 rings (SSSR count). The number of hydrogen-bond donors (Lipinski definition) is 1. The van der Waals surface area contributed by atoms with Gasteiger partial charge in [-0.15, -0.1) is 0 Å². The molecule has 2 N–H and O–H groups in total. The van der Waals surface area contributed by atoms with Crippen LogP contribution in [0.5, 0.6) is 0 Å². The lowest BCUT2D eigenvalue weighted by Gasteiger charge is -1.99. The van der Waals surface area contributed by atoms with Crippen LogP contribution in [0.15, 0.2) is 39.5 Å². The summed E-state index contributed by atoms with van der Waals surface area (Å²) < 4.78 is 10.4. The summed E-state index contributed by atoms with van der Waals surface area (Å²) in [7, 11) is 0. The van der Waals surface area contributed by atoms with Gasteiger partial charge in [-0.2, -0.15) is 4.98 Å². The highest BCUT2D eigenvalue weighted by Crippen LogP contribution is 2.30. The smallest absolute Gasteiger partial charge is 0.271 e. The van der Waals surface area contributed by atoms with E-state index in [4.69, 9.17) is 14.7 Å². The number of aromatic nitrogens is 2. The van der Waals surface area contributed by atoms with E-state index in [1.165, 1.54) is 24.5 Å². The topological polar surface area (TPSA) is 121 Å². The van der Waals surface area contributed by atoms with Crippen molar-refractivity contribution < 1.29 is 13.9 Å². The Bertz CT molecular complexity index is 821. The van der Waals surface area contributed by atoms with E-state index in [2.05, 4.69) is 10.1 Å². The van der Waals surface area contributed by atoms with Crippen LogP contribution >= 0.6 is 0 Å². The van der Waals surface area contributed by atoms with Crippen molar-refractivity contribution in [3.8, 4) is 23.0 Å². The van der Waals surface area contributed by atoms with Crippen LogP contribution in [0.2, 0.25) is 0 Å². The van der Waals surface area contributed by atoms with E-state index in [0.717, 1.165) is 5.56 Å². The quantitative estimate of drug-likeness (QED) is 0.446. The van der Waals surface area contributed by atoms with Crippen molar-refractivity contribution in [2.24, 2.45) is 0 Å². The predicted molar refractivity (Wildman–Crippen MR) is 73.2 cm³/mol. The molecule has 0 aliphatic carbocycles. The summed E-state index contributed by atoms with van der Waals surface area (Å²) in [6, 6.07) is 5.83. The largest absolute Gasteiger partial charge is 0.461 e. The van der Waals surface area contributed by atoms with Crippen molar-refractivity contribution in [2.45, 2.75) is 6.92 Å². The third-order valence-corrected chi connectivity index (χ3v) is 2.97. The van der Waals surface area contributed by atoms with Crippen LogP contribution in [0, 0.1) is 17.0 Å². The van der Waals surface area contributed by atoms with E-state index in [9.17, 15) is 10.1 Å². The summed E-state index contributed by atoms with van der Waals surface area (Å²) in [5, 5.41) is 14.5. The molecular weight excluding hydrogens is 276 g/mol. The van der Waals surface area contributed by atoms with Crippen LogP contribution in [-0.2, 0) is 0 Å². The average molecular weight is 286 g/mol. The molecule has 0 saturated heterocycles. The highest BCUT2D eigenvalue weighted by molar-refractivity contribution is 5.73. The van der Waals surface area contributed by atoms with Crippen molar-refractivity contribution in [3.63, 3.8) is 0 Å². The van der Waals surface area contributed by atoms with Gasteiger partial charge in [0.2, 0.25) is 5.82 Å². The molecule has 0 bridgehead atoms. The van der Waals surface area contributed by atoms with Crippen LogP contribution in [0.3, 0.4) is 0 Å². The molecule has 106 valence electrons. The number of anilines is 1. The SMILES string of the molecule is Cc1ccoc1-c1noc(-c2ccc([N+](=O)[O-])cc2N)n1. The van der Waals surface area contributed by atoms with E-state index in [0.29, 0.717) is 17.1 Å². The Morgan fingerprint density at radius 1 is 1.33 bits per heavy atom. The van der Waals surface area contributed by atoms with Gasteiger partial charge in [0.25, 0.3) is 11.6 Å². The minimum absolute atomic E-state index is 0.0992. The molecule has 2 heterocycles. The summed E-state index contributed by atoms with van der Waals surface area (Å²) in [5.74, 6) is 0.976. The summed E-state index contributed by atoms with van der Waals surface area (Å²) in [6.45, 7) is 1.86. The Kier molecular flexibility index (Phi) is 2.90. The Morgan fingerprint density at radius 2 is 2.14 bits per heavy atom. The fourth-order valence-corrected chi connectivity index (χ4v) is 1.89. The maximum absolute atomic E-state index is 10.7. The Morgan fingerprint density at radius 3 is 2.76 bits per heavy atom. The van der Waals surface area contributed by atoms with E-state index >= 15 is 0 Å². The zero-order chi connectivity index (χ0) is 15.0. The first kappa shape index (κ1) is 12.9. The van der Waals surface area contributed by atoms with Gasteiger partial charge in [0.1, 0.15) is 0 Å². The normalized spacial score (nSPS) is 10.7.